The number of ether oxygens (including phenoxy) is 1. The van der Waals surface area contributed by atoms with Crippen LogP contribution in [-0.2, 0) is 16.0 Å². The third-order valence-electron chi connectivity index (χ3n) is 3.18. The first kappa shape index (κ1) is 14.5. The first-order valence-electron chi connectivity index (χ1n) is 6.46. The summed E-state index contributed by atoms with van der Waals surface area (Å²) in [7, 11) is 1.83. The van der Waals surface area contributed by atoms with E-state index in [1.807, 2.05) is 31.3 Å². The van der Waals surface area contributed by atoms with E-state index in [0.717, 1.165) is 29.7 Å². The molecule has 4 nitrogen and oxygen atoms in total. The molecule has 1 amide bonds. The lowest BCUT2D eigenvalue weighted by atomic mass is 10.1. The Kier molecular flexibility index (Phi) is 5.36. The number of halogens is 1. The number of likely N-dealkylation sites (N-methyl/N-ethyl adjacent to an activating group) is 1. The SMILES string of the molecule is CN(CC1CNCCO1)C(=O)Cc1ccc(Br)cc1. The minimum atomic E-state index is 0.104. The van der Waals surface area contributed by atoms with E-state index in [1.54, 1.807) is 4.90 Å². The molecule has 19 heavy (non-hydrogen) atoms. The average molecular weight is 327 g/mol. The summed E-state index contributed by atoms with van der Waals surface area (Å²) in [5.74, 6) is 0.122. The maximum absolute atomic E-state index is 12.1. The first-order chi connectivity index (χ1) is 9.15. The van der Waals surface area contributed by atoms with Crippen molar-refractivity contribution in [1.82, 2.24) is 10.2 Å². The highest BCUT2D eigenvalue weighted by atomic mass is 79.9. The van der Waals surface area contributed by atoms with Gasteiger partial charge in [0.2, 0.25) is 5.91 Å². The molecule has 0 spiro atoms. The molecule has 1 fully saturated rings. The topological polar surface area (TPSA) is 41.6 Å². The van der Waals surface area contributed by atoms with Gasteiger partial charge in [-0.1, -0.05) is 28.1 Å². The van der Waals surface area contributed by atoms with Crippen molar-refractivity contribution in [1.29, 1.82) is 0 Å². The zero-order valence-electron chi connectivity index (χ0n) is 11.1. The molecule has 1 aromatic carbocycles. The van der Waals surface area contributed by atoms with E-state index in [9.17, 15) is 4.79 Å². The fourth-order valence-electron chi connectivity index (χ4n) is 2.06. The number of rotatable bonds is 4. The Morgan fingerprint density at radius 1 is 1.47 bits per heavy atom. The van der Waals surface area contributed by atoms with Crippen molar-refractivity contribution in [3.8, 4) is 0 Å². The number of carbonyl (C=O) groups is 1. The van der Waals surface area contributed by atoms with E-state index in [1.165, 1.54) is 0 Å². The lowest BCUT2D eigenvalue weighted by Crippen LogP contribution is -2.46. The largest absolute Gasteiger partial charge is 0.374 e. The van der Waals surface area contributed by atoms with E-state index in [2.05, 4.69) is 21.2 Å². The van der Waals surface area contributed by atoms with Crippen molar-refractivity contribution < 1.29 is 9.53 Å². The van der Waals surface area contributed by atoms with Crippen LogP contribution < -0.4 is 5.32 Å². The number of amides is 1. The van der Waals surface area contributed by atoms with Gasteiger partial charge in [0.1, 0.15) is 0 Å². The molecular formula is C14H19BrN2O2. The number of nitrogens with zero attached hydrogens (tertiary/aromatic N) is 1. The number of morpholine rings is 1. The molecule has 0 aliphatic carbocycles. The molecule has 0 saturated carbocycles. The van der Waals surface area contributed by atoms with Crippen molar-refractivity contribution >= 4 is 21.8 Å². The van der Waals surface area contributed by atoms with Crippen LogP contribution in [0.5, 0.6) is 0 Å². The smallest absolute Gasteiger partial charge is 0.226 e. The highest BCUT2D eigenvalue weighted by molar-refractivity contribution is 9.10. The number of nitrogens with one attached hydrogen (secondary N) is 1. The van der Waals surface area contributed by atoms with E-state index >= 15 is 0 Å². The van der Waals surface area contributed by atoms with Gasteiger partial charge in [0.05, 0.1) is 19.1 Å². The predicted octanol–water partition coefficient (Wildman–Crippen LogP) is 1.44. The van der Waals surface area contributed by atoms with Gasteiger partial charge in [-0.15, -0.1) is 0 Å². The highest BCUT2D eigenvalue weighted by Gasteiger charge is 2.18. The average Bonchev–Trinajstić information content (AvgIpc) is 2.42. The lowest BCUT2D eigenvalue weighted by molar-refractivity contribution is -0.131. The summed E-state index contributed by atoms with van der Waals surface area (Å²) < 4.78 is 6.63. The molecule has 5 heteroatoms. The number of hydrogen-bond acceptors (Lipinski definition) is 3. The fraction of sp³-hybridized carbons (Fsp3) is 0.500. The molecule has 1 atom stereocenters. The summed E-state index contributed by atoms with van der Waals surface area (Å²) >= 11 is 3.39. The first-order valence-corrected chi connectivity index (χ1v) is 7.25. The maximum Gasteiger partial charge on any atom is 0.226 e. The van der Waals surface area contributed by atoms with Gasteiger partial charge >= 0.3 is 0 Å². The van der Waals surface area contributed by atoms with Crippen molar-refractivity contribution in [2.45, 2.75) is 12.5 Å². The summed E-state index contributed by atoms with van der Waals surface area (Å²) in [5.41, 5.74) is 1.03. The maximum atomic E-state index is 12.1. The minimum Gasteiger partial charge on any atom is -0.374 e. The van der Waals surface area contributed by atoms with Crippen LogP contribution in [0, 0.1) is 0 Å². The molecule has 1 unspecified atom stereocenters. The molecule has 1 heterocycles. The van der Waals surface area contributed by atoms with E-state index in [0.29, 0.717) is 13.0 Å². The molecule has 0 aromatic heterocycles. The molecule has 0 radical (unpaired) electrons. The Morgan fingerprint density at radius 3 is 2.84 bits per heavy atom. The van der Waals surface area contributed by atoms with Gasteiger partial charge < -0.3 is 15.0 Å². The van der Waals surface area contributed by atoms with Gasteiger partial charge in [0, 0.05) is 31.2 Å². The Bertz CT molecular complexity index is 416. The van der Waals surface area contributed by atoms with Crippen LogP contribution in [0.25, 0.3) is 0 Å². The summed E-state index contributed by atoms with van der Waals surface area (Å²) in [6.07, 6.45) is 0.539. The van der Waals surface area contributed by atoms with E-state index < -0.39 is 0 Å². The normalized spacial score (nSPS) is 19.2. The Balaban J connectivity index is 1.83. The highest BCUT2D eigenvalue weighted by Crippen LogP contribution is 2.11. The van der Waals surface area contributed by atoms with Crippen LogP contribution in [0.1, 0.15) is 5.56 Å². The minimum absolute atomic E-state index is 0.104. The third kappa shape index (κ3) is 4.60. The molecule has 1 N–H and O–H groups in total. The third-order valence-corrected chi connectivity index (χ3v) is 3.70. The molecule has 0 bridgehead atoms. The van der Waals surface area contributed by atoms with Crippen LogP contribution in [0.2, 0.25) is 0 Å². The van der Waals surface area contributed by atoms with E-state index in [4.69, 9.17) is 4.74 Å². The molecule has 1 saturated heterocycles. The monoisotopic (exact) mass is 326 g/mol. The number of hydrogen-bond donors (Lipinski definition) is 1. The summed E-state index contributed by atoms with van der Waals surface area (Å²) in [5, 5.41) is 3.27. The van der Waals surface area contributed by atoms with Gasteiger partial charge in [-0.05, 0) is 17.7 Å². The van der Waals surface area contributed by atoms with Crippen molar-refractivity contribution in [2.24, 2.45) is 0 Å². The second-order valence-corrected chi connectivity index (χ2v) is 5.69. The summed E-state index contributed by atoms with van der Waals surface area (Å²) in [6, 6.07) is 7.84. The number of carbonyl (C=O) groups excluding carboxylic acids is 1. The van der Waals surface area contributed by atoms with Gasteiger partial charge in [0.15, 0.2) is 0 Å². The molecule has 2 rings (SSSR count). The van der Waals surface area contributed by atoms with Crippen LogP contribution in [0.3, 0.4) is 0 Å². The Labute approximate surface area is 122 Å². The number of benzene rings is 1. The second kappa shape index (κ2) is 7.03. The van der Waals surface area contributed by atoms with Crippen LogP contribution >= 0.6 is 15.9 Å². The fourth-order valence-corrected chi connectivity index (χ4v) is 2.32. The van der Waals surface area contributed by atoms with E-state index in [-0.39, 0.29) is 12.0 Å². The zero-order chi connectivity index (χ0) is 13.7. The zero-order valence-corrected chi connectivity index (χ0v) is 12.6. The molecule has 104 valence electrons. The van der Waals surface area contributed by atoms with Crippen LogP contribution in [0.15, 0.2) is 28.7 Å². The molecule has 1 aliphatic rings. The molecular weight excluding hydrogens is 308 g/mol. The lowest BCUT2D eigenvalue weighted by Gasteiger charge is -2.28. The van der Waals surface area contributed by atoms with Crippen molar-refractivity contribution in [3.05, 3.63) is 34.3 Å². The summed E-state index contributed by atoms with van der Waals surface area (Å²) in [4.78, 5) is 13.9. The van der Waals surface area contributed by atoms with Gasteiger partial charge in [-0.3, -0.25) is 4.79 Å². The molecule has 1 aromatic rings. The Morgan fingerprint density at radius 2 is 2.21 bits per heavy atom. The van der Waals surface area contributed by atoms with Gasteiger partial charge in [-0.25, -0.2) is 0 Å². The van der Waals surface area contributed by atoms with Gasteiger partial charge in [-0.2, -0.15) is 0 Å². The Hall–Kier alpha value is -0.910. The standard InChI is InChI=1S/C14H19BrN2O2/c1-17(10-13-9-16-6-7-19-13)14(18)8-11-2-4-12(15)5-3-11/h2-5,13,16H,6-10H2,1H3. The quantitative estimate of drug-likeness (QED) is 0.910. The summed E-state index contributed by atoms with van der Waals surface area (Å²) in [6.45, 7) is 3.07. The van der Waals surface area contributed by atoms with Crippen LogP contribution in [0.4, 0.5) is 0 Å². The van der Waals surface area contributed by atoms with Gasteiger partial charge in [0.25, 0.3) is 0 Å². The van der Waals surface area contributed by atoms with Crippen molar-refractivity contribution in [3.63, 3.8) is 0 Å². The van der Waals surface area contributed by atoms with Crippen LogP contribution in [-0.4, -0.2) is 50.2 Å². The second-order valence-electron chi connectivity index (χ2n) is 4.77. The predicted molar refractivity (Wildman–Crippen MR) is 78.1 cm³/mol. The van der Waals surface area contributed by atoms with Crippen molar-refractivity contribution in [2.75, 3.05) is 33.3 Å². The molecule has 1 aliphatic heterocycles.